The van der Waals surface area contributed by atoms with Crippen LogP contribution in [0.2, 0.25) is 0 Å². The van der Waals surface area contributed by atoms with Crippen molar-refractivity contribution in [1.29, 1.82) is 0 Å². The topological polar surface area (TPSA) is 18.5 Å². The standard InChI is InChI=1S/C11H27N3/c1-5-9-14(4)11-8-12-7-6-10-13(2)3/h12H,5-11H2,1-4H3. The van der Waals surface area contributed by atoms with Gasteiger partial charge in [-0.3, -0.25) is 0 Å². The summed E-state index contributed by atoms with van der Waals surface area (Å²) in [7, 11) is 6.43. The van der Waals surface area contributed by atoms with E-state index in [1.165, 1.54) is 25.9 Å². The zero-order valence-electron chi connectivity index (χ0n) is 10.3. The Balaban J connectivity index is 3.05. The van der Waals surface area contributed by atoms with E-state index in [9.17, 15) is 0 Å². The predicted octanol–water partition coefficient (Wildman–Crippen LogP) is 0.870. The third kappa shape index (κ3) is 9.96. The maximum absolute atomic E-state index is 3.46. The molecule has 0 aromatic carbocycles. The van der Waals surface area contributed by atoms with Crippen molar-refractivity contribution in [3.05, 3.63) is 0 Å². The van der Waals surface area contributed by atoms with Gasteiger partial charge in [-0.25, -0.2) is 0 Å². The van der Waals surface area contributed by atoms with Crippen LogP contribution in [0, 0.1) is 0 Å². The van der Waals surface area contributed by atoms with E-state index in [0.717, 1.165) is 19.6 Å². The van der Waals surface area contributed by atoms with E-state index in [1.54, 1.807) is 0 Å². The Morgan fingerprint density at radius 2 is 1.64 bits per heavy atom. The molecule has 0 radical (unpaired) electrons. The number of hydrogen-bond donors (Lipinski definition) is 1. The van der Waals surface area contributed by atoms with Crippen LogP contribution in [-0.4, -0.2) is 63.7 Å². The van der Waals surface area contributed by atoms with Gasteiger partial charge in [-0.1, -0.05) is 6.92 Å². The molecule has 0 saturated heterocycles. The zero-order chi connectivity index (χ0) is 10.8. The highest BCUT2D eigenvalue weighted by molar-refractivity contribution is 4.55. The molecule has 0 aliphatic heterocycles. The second-order valence-electron chi connectivity index (χ2n) is 4.21. The van der Waals surface area contributed by atoms with Crippen molar-refractivity contribution in [1.82, 2.24) is 15.1 Å². The minimum atomic E-state index is 1.12. The van der Waals surface area contributed by atoms with Crippen LogP contribution in [-0.2, 0) is 0 Å². The average Bonchev–Trinajstić information content (AvgIpc) is 2.11. The third-order valence-corrected chi connectivity index (χ3v) is 2.23. The van der Waals surface area contributed by atoms with Crippen LogP contribution >= 0.6 is 0 Å². The summed E-state index contributed by atoms with van der Waals surface area (Å²) < 4.78 is 0. The van der Waals surface area contributed by atoms with Crippen LogP contribution in [0.4, 0.5) is 0 Å². The predicted molar refractivity (Wildman–Crippen MR) is 63.8 cm³/mol. The largest absolute Gasteiger partial charge is 0.315 e. The molecule has 86 valence electrons. The second kappa shape index (κ2) is 9.44. The summed E-state index contributed by atoms with van der Waals surface area (Å²) >= 11 is 0. The summed E-state index contributed by atoms with van der Waals surface area (Å²) in [5.41, 5.74) is 0. The molecule has 0 aliphatic carbocycles. The van der Waals surface area contributed by atoms with Crippen molar-refractivity contribution in [3.8, 4) is 0 Å². The molecule has 3 heteroatoms. The summed E-state index contributed by atoms with van der Waals surface area (Å²) in [6.45, 7) is 8.02. The summed E-state index contributed by atoms with van der Waals surface area (Å²) in [5, 5.41) is 3.46. The van der Waals surface area contributed by atoms with Gasteiger partial charge < -0.3 is 15.1 Å². The first-order valence-corrected chi connectivity index (χ1v) is 5.70. The average molecular weight is 201 g/mol. The first-order chi connectivity index (χ1) is 6.66. The molecule has 0 aromatic rings. The molecular weight excluding hydrogens is 174 g/mol. The first-order valence-electron chi connectivity index (χ1n) is 5.70. The maximum atomic E-state index is 3.46. The van der Waals surface area contributed by atoms with E-state index in [1.807, 2.05) is 0 Å². The van der Waals surface area contributed by atoms with Gasteiger partial charge >= 0.3 is 0 Å². The highest BCUT2D eigenvalue weighted by atomic mass is 15.1. The SMILES string of the molecule is CCCN(C)CCNCCCN(C)C. The highest BCUT2D eigenvalue weighted by Crippen LogP contribution is 1.85. The summed E-state index contributed by atoms with van der Waals surface area (Å²) in [6.07, 6.45) is 2.49. The fraction of sp³-hybridized carbons (Fsp3) is 1.00. The fourth-order valence-electron chi connectivity index (χ4n) is 1.41. The lowest BCUT2D eigenvalue weighted by molar-refractivity contribution is 0.329. The van der Waals surface area contributed by atoms with Crippen LogP contribution in [0.1, 0.15) is 19.8 Å². The smallest absolute Gasteiger partial charge is 0.0104 e. The minimum Gasteiger partial charge on any atom is -0.315 e. The van der Waals surface area contributed by atoms with E-state index in [2.05, 4.69) is 43.2 Å². The summed E-state index contributed by atoms with van der Waals surface area (Å²) in [6, 6.07) is 0. The minimum absolute atomic E-state index is 1.12. The van der Waals surface area contributed by atoms with Crippen molar-refractivity contribution >= 4 is 0 Å². The van der Waals surface area contributed by atoms with Crippen LogP contribution in [0.3, 0.4) is 0 Å². The van der Waals surface area contributed by atoms with Gasteiger partial charge in [0, 0.05) is 13.1 Å². The van der Waals surface area contributed by atoms with Crippen LogP contribution < -0.4 is 5.32 Å². The molecule has 0 amide bonds. The Kier molecular flexibility index (Phi) is 9.35. The molecular formula is C11H27N3. The lowest BCUT2D eigenvalue weighted by atomic mass is 10.4. The van der Waals surface area contributed by atoms with Crippen LogP contribution in [0.25, 0.3) is 0 Å². The normalized spacial score (nSPS) is 11.6. The van der Waals surface area contributed by atoms with Crippen molar-refractivity contribution in [2.45, 2.75) is 19.8 Å². The number of nitrogens with zero attached hydrogens (tertiary/aromatic N) is 2. The molecule has 0 fully saturated rings. The quantitative estimate of drug-likeness (QED) is 0.559. The number of rotatable bonds is 9. The molecule has 0 bridgehead atoms. The Bertz CT molecular complexity index is 115. The molecule has 14 heavy (non-hydrogen) atoms. The second-order valence-corrected chi connectivity index (χ2v) is 4.21. The van der Waals surface area contributed by atoms with E-state index in [-0.39, 0.29) is 0 Å². The van der Waals surface area contributed by atoms with Crippen molar-refractivity contribution in [2.24, 2.45) is 0 Å². The number of nitrogens with one attached hydrogen (secondary N) is 1. The van der Waals surface area contributed by atoms with Gasteiger partial charge in [0.2, 0.25) is 0 Å². The molecule has 1 N–H and O–H groups in total. The van der Waals surface area contributed by atoms with Gasteiger partial charge in [0.05, 0.1) is 0 Å². The molecule has 0 atom stereocenters. The van der Waals surface area contributed by atoms with Crippen LogP contribution in [0.5, 0.6) is 0 Å². The van der Waals surface area contributed by atoms with Crippen LogP contribution in [0.15, 0.2) is 0 Å². The van der Waals surface area contributed by atoms with Gasteiger partial charge in [0.25, 0.3) is 0 Å². The Morgan fingerprint density at radius 3 is 2.21 bits per heavy atom. The number of hydrogen-bond acceptors (Lipinski definition) is 3. The summed E-state index contributed by atoms with van der Waals surface area (Å²) in [5.74, 6) is 0. The molecule has 0 aliphatic rings. The Hall–Kier alpha value is -0.120. The van der Waals surface area contributed by atoms with Gasteiger partial charge in [-0.05, 0) is 53.6 Å². The molecule has 0 aromatic heterocycles. The first kappa shape index (κ1) is 13.9. The van der Waals surface area contributed by atoms with Gasteiger partial charge in [-0.15, -0.1) is 0 Å². The van der Waals surface area contributed by atoms with E-state index in [0.29, 0.717) is 0 Å². The fourth-order valence-corrected chi connectivity index (χ4v) is 1.41. The highest BCUT2D eigenvalue weighted by Gasteiger charge is 1.95. The van der Waals surface area contributed by atoms with E-state index in [4.69, 9.17) is 0 Å². The number of likely N-dealkylation sites (N-methyl/N-ethyl adjacent to an activating group) is 1. The van der Waals surface area contributed by atoms with E-state index < -0.39 is 0 Å². The Morgan fingerprint density at radius 1 is 0.929 bits per heavy atom. The van der Waals surface area contributed by atoms with Gasteiger partial charge in [0.1, 0.15) is 0 Å². The molecule has 0 unspecified atom stereocenters. The van der Waals surface area contributed by atoms with E-state index >= 15 is 0 Å². The summed E-state index contributed by atoms with van der Waals surface area (Å²) in [4.78, 5) is 4.60. The van der Waals surface area contributed by atoms with Crippen molar-refractivity contribution in [3.63, 3.8) is 0 Å². The van der Waals surface area contributed by atoms with Gasteiger partial charge in [0.15, 0.2) is 0 Å². The molecule has 3 nitrogen and oxygen atoms in total. The molecule has 0 rings (SSSR count). The monoisotopic (exact) mass is 201 g/mol. The van der Waals surface area contributed by atoms with Gasteiger partial charge in [-0.2, -0.15) is 0 Å². The third-order valence-electron chi connectivity index (χ3n) is 2.23. The molecule has 0 heterocycles. The lowest BCUT2D eigenvalue weighted by Crippen LogP contribution is -2.31. The zero-order valence-corrected chi connectivity index (χ0v) is 10.3. The molecule has 0 saturated carbocycles. The lowest BCUT2D eigenvalue weighted by Gasteiger charge is -2.16. The van der Waals surface area contributed by atoms with Crippen molar-refractivity contribution in [2.75, 3.05) is 53.9 Å². The maximum Gasteiger partial charge on any atom is 0.0104 e. The van der Waals surface area contributed by atoms with Crippen molar-refractivity contribution < 1.29 is 0 Å². The molecule has 0 spiro atoms. The Labute approximate surface area is 89.5 Å².